The summed E-state index contributed by atoms with van der Waals surface area (Å²) in [4.78, 5) is 6.65. The number of guanidine groups is 1. The van der Waals surface area contributed by atoms with Crippen LogP contribution in [0.5, 0.6) is 0 Å². The molecule has 1 aliphatic heterocycles. The summed E-state index contributed by atoms with van der Waals surface area (Å²) in [5, 5.41) is 6.47. The molecule has 4 nitrogen and oxygen atoms in total. The molecule has 140 valence electrons. The summed E-state index contributed by atoms with van der Waals surface area (Å²) in [5.74, 6) is 0.498. The van der Waals surface area contributed by atoms with Crippen LogP contribution in [0.15, 0.2) is 53.5 Å². The van der Waals surface area contributed by atoms with Crippen molar-refractivity contribution in [2.75, 3.05) is 26.7 Å². The van der Waals surface area contributed by atoms with Crippen molar-refractivity contribution in [2.45, 2.75) is 19.5 Å². The van der Waals surface area contributed by atoms with Gasteiger partial charge < -0.3 is 10.6 Å². The number of benzene rings is 2. The highest BCUT2D eigenvalue weighted by Crippen LogP contribution is 2.17. The van der Waals surface area contributed by atoms with Gasteiger partial charge in [-0.2, -0.15) is 0 Å². The Balaban J connectivity index is 0.00000243. The number of nitrogens with one attached hydrogen (secondary N) is 2. The van der Waals surface area contributed by atoms with Crippen molar-refractivity contribution < 1.29 is 4.39 Å². The summed E-state index contributed by atoms with van der Waals surface area (Å²) < 4.78 is 13.7. The first-order chi connectivity index (χ1) is 12.3. The van der Waals surface area contributed by atoms with Gasteiger partial charge in [0.2, 0.25) is 0 Å². The molecule has 0 amide bonds. The van der Waals surface area contributed by atoms with Gasteiger partial charge in [-0.05, 0) is 23.6 Å². The second kappa shape index (κ2) is 10.5. The Morgan fingerprint density at radius 1 is 1.08 bits per heavy atom. The van der Waals surface area contributed by atoms with Crippen molar-refractivity contribution in [1.82, 2.24) is 15.5 Å². The predicted molar refractivity (Wildman–Crippen MR) is 115 cm³/mol. The average molecular weight is 468 g/mol. The highest BCUT2D eigenvalue weighted by molar-refractivity contribution is 14.0. The van der Waals surface area contributed by atoms with Gasteiger partial charge in [-0.15, -0.1) is 24.0 Å². The lowest BCUT2D eigenvalue weighted by Gasteiger charge is -2.28. The van der Waals surface area contributed by atoms with Crippen LogP contribution in [0.3, 0.4) is 0 Å². The molecule has 0 saturated carbocycles. The molecule has 6 heteroatoms. The minimum Gasteiger partial charge on any atom is -0.355 e. The summed E-state index contributed by atoms with van der Waals surface area (Å²) in [7, 11) is 1.73. The van der Waals surface area contributed by atoms with Gasteiger partial charge in [0.05, 0.1) is 0 Å². The maximum absolute atomic E-state index is 13.7. The topological polar surface area (TPSA) is 39.7 Å². The van der Waals surface area contributed by atoms with Gasteiger partial charge >= 0.3 is 0 Å². The fourth-order valence-corrected chi connectivity index (χ4v) is 3.12. The third kappa shape index (κ3) is 5.67. The molecular weight excluding hydrogens is 442 g/mol. The average Bonchev–Trinajstić information content (AvgIpc) is 2.65. The highest BCUT2D eigenvalue weighted by Gasteiger charge is 2.15. The van der Waals surface area contributed by atoms with Gasteiger partial charge in [-0.25, -0.2) is 4.39 Å². The highest BCUT2D eigenvalue weighted by atomic mass is 127. The molecule has 2 N–H and O–H groups in total. The molecule has 26 heavy (non-hydrogen) atoms. The first-order valence-electron chi connectivity index (χ1n) is 8.73. The van der Waals surface area contributed by atoms with Crippen LogP contribution >= 0.6 is 24.0 Å². The zero-order valence-corrected chi connectivity index (χ0v) is 17.4. The van der Waals surface area contributed by atoms with E-state index in [2.05, 4.69) is 44.8 Å². The molecule has 2 aromatic carbocycles. The van der Waals surface area contributed by atoms with E-state index in [1.165, 1.54) is 17.2 Å². The Hall–Kier alpha value is -1.67. The van der Waals surface area contributed by atoms with Gasteiger partial charge in [0.1, 0.15) is 5.82 Å². The zero-order valence-electron chi connectivity index (χ0n) is 15.0. The SMILES string of the molecule is CN=C(NCCN1CCc2ccccc2C1)NCc1ccccc1F.I. The molecule has 0 atom stereocenters. The number of fused-ring (bicyclic) bond motifs is 1. The van der Waals surface area contributed by atoms with Crippen LogP contribution in [-0.2, 0) is 19.5 Å². The first-order valence-corrected chi connectivity index (χ1v) is 8.73. The third-order valence-electron chi connectivity index (χ3n) is 4.56. The molecule has 0 saturated heterocycles. The predicted octanol–water partition coefficient (Wildman–Crippen LogP) is 3.17. The van der Waals surface area contributed by atoms with Gasteiger partial charge in [0.15, 0.2) is 5.96 Å². The number of halogens is 2. The molecule has 0 aromatic heterocycles. The van der Waals surface area contributed by atoms with Crippen molar-refractivity contribution in [3.8, 4) is 0 Å². The summed E-state index contributed by atoms with van der Waals surface area (Å²) >= 11 is 0. The fourth-order valence-electron chi connectivity index (χ4n) is 3.12. The van der Waals surface area contributed by atoms with E-state index in [0.717, 1.165) is 32.6 Å². The molecule has 0 unspecified atom stereocenters. The number of nitrogens with zero attached hydrogens (tertiary/aromatic N) is 2. The summed E-state index contributed by atoms with van der Waals surface area (Å²) in [6.07, 6.45) is 1.11. The van der Waals surface area contributed by atoms with Crippen LogP contribution in [0.2, 0.25) is 0 Å². The monoisotopic (exact) mass is 468 g/mol. The Morgan fingerprint density at radius 2 is 1.81 bits per heavy atom. The van der Waals surface area contributed by atoms with Gasteiger partial charge in [-0.1, -0.05) is 42.5 Å². The van der Waals surface area contributed by atoms with Crippen molar-refractivity contribution in [3.63, 3.8) is 0 Å². The first kappa shape index (κ1) is 20.6. The molecular formula is C20H26FIN4. The lowest BCUT2D eigenvalue weighted by Crippen LogP contribution is -2.42. The van der Waals surface area contributed by atoms with Crippen LogP contribution < -0.4 is 10.6 Å². The normalized spacial score (nSPS) is 14.3. The molecule has 1 heterocycles. The van der Waals surface area contributed by atoms with Crippen molar-refractivity contribution >= 4 is 29.9 Å². The van der Waals surface area contributed by atoms with E-state index in [1.807, 2.05) is 6.07 Å². The standard InChI is InChI=1S/C20H25FN4.HI/c1-22-20(24-14-17-7-4-5-9-19(17)21)23-11-13-25-12-10-16-6-2-3-8-18(16)15-25;/h2-9H,10-15H2,1H3,(H2,22,23,24);1H. The molecule has 2 aromatic rings. The van der Waals surface area contributed by atoms with E-state index in [-0.39, 0.29) is 29.8 Å². The summed E-state index contributed by atoms with van der Waals surface area (Å²) in [6.45, 7) is 4.26. The van der Waals surface area contributed by atoms with Crippen molar-refractivity contribution in [2.24, 2.45) is 4.99 Å². The molecule has 0 bridgehead atoms. The Bertz CT molecular complexity index is 735. The molecule has 3 rings (SSSR count). The lowest BCUT2D eigenvalue weighted by molar-refractivity contribution is 0.258. The van der Waals surface area contributed by atoms with E-state index in [4.69, 9.17) is 0 Å². The van der Waals surface area contributed by atoms with Crippen LogP contribution in [0.25, 0.3) is 0 Å². The summed E-state index contributed by atoms with van der Waals surface area (Å²) in [6, 6.07) is 15.4. The zero-order chi connectivity index (χ0) is 17.5. The van der Waals surface area contributed by atoms with Crippen LogP contribution in [0, 0.1) is 5.82 Å². The van der Waals surface area contributed by atoms with Crippen LogP contribution in [0.1, 0.15) is 16.7 Å². The summed E-state index contributed by atoms with van der Waals surface area (Å²) in [5.41, 5.74) is 3.53. The van der Waals surface area contributed by atoms with Crippen LogP contribution in [0.4, 0.5) is 4.39 Å². The molecule has 0 fully saturated rings. The van der Waals surface area contributed by atoms with Gasteiger partial charge in [0.25, 0.3) is 0 Å². The van der Waals surface area contributed by atoms with Crippen molar-refractivity contribution in [1.29, 1.82) is 0 Å². The van der Waals surface area contributed by atoms with E-state index >= 15 is 0 Å². The Morgan fingerprint density at radius 3 is 2.58 bits per heavy atom. The lowest BCUT2D eigenvalue weighted by atomic mass is 10.00. The number of hydrogen-bond donors (Lipinski definition) is 2. The van der Waals surface area contributed by atoms with E-state index in [1.54, 1.807) is 19.2 Å². The largest absolute Gasteiger partial charge is 0.355 e. The number of aliphatic imine (C=N–C) groups is 1. The molecule has 0 radical (unpaired) electrons. The minimum absolute atomic E-state index is 0. The van der Waals surface area contributed by atoms with Crippen molar-refractivity contribution in [3.05, 3.63) is 71.0 Å². The minimum atomic E-state index is -0.197. The fraction of sp³-hybridized carbons (Fsp3) is 0.350. The van der Waals surface area contributed by atoms with Gasteiger partial charge in [0, 0.05) is 45.3 Å². The maximum atomic E-state index is 13.7. The second-order valence-electron chi connectivity index (χ2n) is 6.24. The van der Waals surface area contributed by atoms with E-state index < -0.39 is 0 Å². The molecule has 0 aliphatic carbocycles. The number of rotatable bonds is 5. The van der Waals surface area contributed by atoms with E-state index in [9.17, 15) is 4.39 Å². The van der Waals surface area contributed by atoms with Crippen LogP contribution in [-0.4, -0.2) is 37.5 Å². The maximum Gasteiger partial charge on any atom is 0.191 e. The van der Waals surface area contributed by atoms with Gasteiger partial charge in [-0.3, -0.25) is 9.89 Å². The second-order valence-corrected chi connectivity index (χ2v) is 6.24. The Labute approximate surface area is 171 Å². The molecule has 1 aliphatic rings. The number of hydrogen-bond acceptors (Lipinski definition) is 2. The Kier molecular flexibility index (Phi) is 8.31. The third-order valence-corrected chi connectivity index (χ3v) is 4.56. The molecule has 0 spiro atoms. The van der Waals surface area contributed by atoms with E-state index in [0.29, 0.717) is 18.1 Å². The smallest absolute Gasteiger partial charge is 0.191 e. The quantitative estimate of drug-likeness (QED) is 0.403.